The number of hydrogen-bond acceptors (Lipinski definition) is 5. The van der Waals surface area contributed by atoms with Crippen LogP contribution in [0, 0.1) is 5.92 Å². The molecule has 18 heavy (non-hydrogen) atoms. The van der Waals surface area contributed by atoms with E-state index in [0.29, 0.717) is 28.3 Å². The molecule has 0 aliphatic carbocycles. The van der Waals surface area contributed by atoms with E-state index in [4.69, 9.17) is 16.1 Å². The van der Waals surface area contributed by atoms with Crippen LogP contribution in [0.1, 0.15) is 25.3 Å². The molecule has 1 saturated heterocycles. The van der Waals surface area contributed by atoms with Crippen LogP contribution in [0.15, 0.2) is 22.9 Å². The van der Waals surface area contributed by atoms with Crippen molar-refractivity contribution in [2.24, 2.45) is 5.92 Å². The molecule has 2 aromatic heterocycles. The highest BCUT2D eigenvalue weighted by Gasteiger charge is 2.29. The smallest absolute Gasteiger partial charge is 0.244 e. The highest BCUT2D eigenvalue weighted by Crippen LogP contribution is 2.30. The van der Waals surface area contributed by atoms with Crippen LogP contribution >= 0.6 is 11.6 Å². The Morgan fingerprint density at radius 1 is 1.50 bits per heavy atom. The molecule has 1 aliphatic heterocycles. The SMILES string of the molecule is CC1CCNC1c1nc(-c2ncccc2Cl)no1. The summed E-state index contributed by atoms with van der Waals surface area (Å²) in [6, 6.07) is 3.66. The lowest BCUT2D eigenvalue weighted by Crippen LogP contribution is -2.16. The average molecular weight is 265 g/mol. The van der Waals surface area contributed by atoms with Crippen LogP contribution in [0.25, 0.3) is 11.5 Å². The largest absolute Gasteiger partial charge is 0.337 e. The lowest BCUT2D eigenvalue weighted by atomic mass is 10.0. The van der Waals surface area contributed by atoms with Gasteiger partial charge in [0.1, 0.15) is 5.69 Å². The van der Waals surface area contributed by atoms with Gasteiger partial charge in [-0.05, 0) is 31.0 Å². The molecule has 0 spiro atoms. The maximum atomic E-state index is 6.06. The molecular weight excluding hydrogens is 252 g/mol. The first-order chi connectivity index (χ1) is 8.75. The topological polar surface area (TPSA) is 63.8 Å². The number of halogens is 1. The predicted octanol–water partition coefficient (Wildman–Crippen LogP) is 2.46. The Kier molecular flexibility index (Phi) is 3.01. The zero-order valence-corrected chi connectivity index (χ0v) is 10.7. The number of rotatable bonds is 2. The van der Waals surface area contributed by atoms with E-state index in [-0.39, 0.29) is 6.04 Å². The van der Waals surface area contributed by atoms with Crippen LogP contribution in [0.4, 0.5) is 0 Å². The minimum atomic E-state index is 0.133. The molecule has 1 N–H and O–H groups in total. The maximum absolute atomic E-state index is 6.06. The fraction of sp³-hybridized carbons (Fsp3) is 0.417. The number of pyridine rings is 1. The van der Waals surface area contributed by atoms with Gasteiger partial charge in [0.05, 0.1) is 11.1 Å². The van der Waals surface area contributed by atoms with E-state index < -0.39 is 0 Å². The zero-order valence-electron chi connectivity index (χ0n) is 9.93. The Morgan fingerprint density at radius 2 is 2.39 bits per heavy atom. The van der Waals surface area contributed by atoms with Gasteiger partial charge >= 0.3 is 0 Å². The van der Waals surface area contributed by atoms with Gasteiger partial charge < -0.3 is 9.84 Å². The van der Waals surface area contributed by atoms with E-state index in [1.54, 1.807) is 18.3 Å². The summed E-state index contributed by atoms with van der Waals surface area (Å²) in [4.78, 5) is 8.56. The molecule has 0 radical (unpaired) electrons. The van der Waals surface area contributed by atoms with Crippen LogP contribution in [0.2, 0.25) is 5.02 Å². The summed E-state index contributed by atoms with van der Waals surface area (Å²) in [5, 5.41) is 7.83. The first-order valence-electron chi connectivity index (χ1n) is 5.93. The van der Waals surface area contributed by atoms with Crippen molar-refractivity contribution in [3.05, 3.63) is 29.2 Å². The Bertz CT molecular complexity index is 557. The van der Waals surface area contributed by atoms with Crippen LogP contribution in [0.5, 0.6) is 0 Å². The van der Waals surface area contributed by atoms with Crippen molar-refractivity contribution in [1.82, 2.24) is 20.4 Å². The summed E-state index contributed by atoms with van der Waals surface area (Å²) >= 11 is 6.06. The van der Waals surface area contributed by atoms with E-state index in [2.05, 4.69) is 27.4 Å². The van der Waals surface area contributed by atoms with Crippen LogP contribution < -0.4 is 5.32 Å². The summed E-state index contributed by atoms with van der Waals surface area (Å²) in [5.41, 5.74) is 0.555. The van der Waals surface area contributed by atoms with E-state index in [9.17, 15) is 0 Å². The van der Waals surface area contributed by atoms with Crippen molar-refractivity contribution in [2.45, 2.75) is 19.4 Å². The molecule has 1 fully saturated rings. The average Bonchev–Trinajstić information content (AvgIpc) is 2.98. The summed E-state index contributed by atoms with van der Waals surface area (Å²) in [6.45, 7) is 3.15. The summed E-state index contributed by atoms with van der Waals surface area (Å²) in [7, 11) is 0. The molecule has 94 valence electrons. The van der Waals surface area contributed by atoms with Gasteiger partial charge in [0.25, 0.3) is 0 Å². The lowest BCUT2D eigenvalue weighted by molar-refractivity contribution is 0.319. The Hall–Kier alpha value is -1.46. The Labute approximate surface area is 110 Å². The molecule has 0 amide bonds. The second-order valence-corrected chi connectivity index (χ2v) is 4.90. The van der Waals surface area contributed by atoms with E-state index in [1.165, 1.54) is 0 Å². The first kappa shape index (κ1) is 11.6. The second-order valence-electron chi connectivity index (χ2n) is 4.49. The molecule has 1 aliphatic rings. The molecule has 0 bridgehead atoms. The zero-order chi connectivity index (χ0) is 12.5. The Morgan fingerprint density at radius 3 is 3.11 bits per heavy atom. The van der Waals surface area contributed by atoms with Gasteiger partial charge in [0.15, 0.2) is 0 Å². The fourth-order valence-corrected chi connectivity index (χ4v) is 2.38. The van der Waals surface area contributed by atoms with Crippen molar-refractivity contribution in [3.63, 3.8) is 0 Å². The number of aromatic nitrogens is 3. The van der Waals surface area contributed by atoms with Crippen molar-refractivity contribution in [1.29, 1.82) is 0 Å². The molecule has 3 heterocycles. The third kappa shape index (κ3) is 2.00. The van der Waals surface area contributed by atoms with Gasteiger partial charge in [-0.15, -0.1) is 0 Å². The van der Waals surface area contributed by atoms with Crippen LogP contribution in [-0.4, -0.2) is 21.7 Å². The Balaban J connectivity index is 1.92. The van der Waals surface area contributed by atoms with E-state index in [0.717, 1.165) is 13.0 Å². The third-order valence-electron chi connectivity index (χ3n) is 3.21. The van der Waals surface area contributed by atoms with Crippen LogP contribution in [0.3, 0.4) is 0 Å². The minimum absolute atomic E-state index is 0.133. The molecular formula is C12H13ClN4O. The van der Waals surface area contributed by atoms with Crippen molar-refractivity contribution in [2.75, 3.05) is 6.54 Å². The van der Waals surface area contributed by atoms with Gasteiger partial charge in [-0.2, -0.15) is 4.98 Å². The van der Waals surface area contributed by atoms with Gasteiger partial charge in [-0.1, -0.05) is 23.7 Å². The number of hydrogen-bond donors (Lipinski definition) is 1. The number of nitrogens with zero attached hydrogens (tertiary/aromatic N) is 3. The minimum Gasteiger partial charge on any atom is -0.337 e. The molecule has 0 aromatic carbocycles. The third-order valence-corrected chi connectivity index (χ3v) is 3.52. The van der Waals surface area contributed by atoms with Crippen molar-refractivity contribution < 1.29 is 4.52 Å². The molecule has 6 heteroatoms. The van der Waals surface area contributed by atoms with Gasteiger partial charge in [-0.25, -0.2) is 0 Å². The van der Waals surface area contributed by atoms with Gasteiger partial charge in [0, 0.05) is 6.20 Å². The highest BCUT2D eigenvalue weighted by molar-refractivity contribution is 6.32. The first-order valence-corrected chi connectivity index (χ1v) is 6.31. The predicted molar refractivity (Wildman–Crippen MR) is 67.1 cm³/mol. The van der Waals surface area contributed by atoms with Gasteiger partial charge in [-0.3, -0.25) is 4.98 Å². The molecule has 0 saturated carbocycles. The molecule has 5 nitrogen and oxygen atoms in total. The lowest BCUT2D eigenvalue weighted by Gasteiger charge is -2.09. The molecule has 2 aromatic rings. The second kappa shape index (κ2) is 4.66. The van der Waals surface area contributed by atoms with Gasteiger partial charge in [0.2, 0.25) is 11.7 Å². The standard InChI is InChI=1S/C12H13ClN4O/c1-7-4-6-15-9(7)12-16-11(17-18-12)10-8(13)3-2-5-14-10/h2-3,5,7,9,15H,4,6H2,1H3. The van der Waals surface area contributed by atoms with Crippen molar-refractivity contribution in [3.8, 4) is 11.5 Å². The van der Waals surface area contributed by atoms with Crippen molar-refractivity contribution >= 4 is 11.6 Å². The fourth-order valence-electron chi connectivity index (χ4n) is 2.17. The van der Waals surface area contributed by atoms with Crippen LogP contribution in [-0.2, 0) is 0 Å². The number of nitrogens with one attached hydrogen (secondary N) is 1. The van der Waals surface area contributed by atoms with E-state index >= 15 is 0 Å². The summed E-state index contributed by atoms with van der Waals surface area (Å²) in [5.74, 6) is 1.55. The summed E-state index contributed by atoms with van der Waals surface area (Å²) < 4.78 is 5.31. The molecule has 3 rings (SSSR count). The molecule has 2 unspecified atom stereocenters. The molecule has 2 atom stereocenters. The van der Waals surface area contributed by atoms with E-state index in [1.807, 2.05) is 0 Å². The summed E-state index contributed by atoms with van der Waals surface area (Å²) in [6.07, 6.45) is 2.78. The highest BCUT2D eigenvalue weighted by atomic mass is 35.5. The monoisotopic (exact) mass is 264 g/mol. The maximum Gasteiger partial charge on any atom is 0.244 e. The normalized spacial score (nSPS) is 23.4. The quantitative estimate of drug-likeness (QED) is 0.903.